The van der Waals surface area contributed by atoms with Crippen LogP contribution in [-0.4, -0.2) is 28.8 Å². The largest absolute Gasteiger partial charge is 0.494 e. The van der Waals surface area contributed by atoms with Gasteiger partial charge in [0.1, 0.15) is 0 Å². The van der Waals surface area contributed by atoms with Crippen LogP contribution in [-0.2, 0) is 19.0 Å². The number of nitriles is 1. The molecule has 1 aromatic carbocycles. The van der Waals surface area contributed by atoms with E-state index < -0.39 is 28.0 Å². The Kier molecular flexibility index (Phi) is 3.91. The first-order valence-corrected chi connectivity index (χ1v) is 8.57. The van der Waals surface area contributed by atoms with Crippen molar-refractivity contribution in [3.63, 3.8) is 0 Å². The highest BCUT2D eigenvalue weighted by Gasteiger charge is 2.51. The fraction of sp³-hybridized carbons (Fsp3) is 0.500. The van der Waals surface area contributed by atoms with E-state index in [1.807, 2.05) is 27.7 Å². The quantitative estimate of drug-likeness (QED) is 0.618. The first-order chi connectivity index (χ1) is 9.59. The van der Waals surface area contributed by atoms with Gasteiger partial charge in [-0.1, -0.05) is 12.1 Å². The van der Waals surface area contributed by atoms with Crippen molar-refractivity contribution in [3.8, 4) is 6.19 Å². The Bertz CT molecular complexity index is 682. The second kappa shape index (κ2) is 5.13. The van der Waals surface area contributed by atoms with Crippen molar-refractivity contribution < 1.29 is 13.5 Å². The van der Waals surface area contributed by atoms with E-state index in [1.165, 1.54) is 6.26 Å². The van der Waals surface area contributed by atoms with Crippen LogP contribution in [0.2, 0.25) is 0 Å². The van der Waals surface area contributed by atoms with Gasteiger partial charge in [-0.2, -0.15) is 5.26 Å². The number of nitrogens with zero attached hydrogens (tertiary/aromatic N) is 2. The lowest BCUT2D eigenvalue weighted by Gasteiger charge is -2.32. The first kappa shape index (κ1) is 16.0. The van der Waals surface area contributed by atoms with Crippen molar-refractivity contribution >= 4 is 22.3 Å². The average Bonchev–Trinajstić information content (AvgIpc) is 2.59. The Hall–Kier alpha value is -1.36. The smallest absolute Gasteiger partial charge is 0.399 e. The van der Waals surface area contributed by atoms with Gasteiger partial charge in [-0.15, -0.1) is 4.36 Å². The van der Waals surface area contributed by atoms with Crippen LogP contribution in [0.25, 0.3) is 0 Å². The summed E-state index contributed by atoms with van der Waals surface area (Å²) in [6.45, 7) is 7.97. The molecular weight excluding hydrogens is 287 g/mol. The van der Waals surface area contributed by atoms with E-state index in [-0.39, 0.29) is 0 Å². The van der Waals surface area contributed by atoms with E-state index in [2.05, 4.69) is 4.36 Å². The molecule has 1 aliphatic rings. The topological polar surface area (TPSA) is 71.7 Å². The van der Waals surface area contributed by atoms with Gasteiger partial charge in [-0.3, -0.25) is 0 Å². The van der Waals surface area contributed by atoms with Gasteiger partial charge in [-0.05, 0) is 45.3 Å². The van der Waals surface area contributed by atoms with Crippen LogP contribution in [0.4, 0.5) is 0 Å². The van der Waals surface area contributed by atoms with Crippen LogP contribution in [0.3, 0.4) is 0 Å². The number of hydrogen-bond donors (Lipinski definition) is 0. The molecular formula is C14H19BN2O3S. The van der Waals surface area contributed by atoms with Crippen LogP contribution in [0, 0.1) is 11.5 Å². The molecule has 7 heteroatoms. The molecule has 1 heterocycles. The Morgan fingerprint density at radius 1 is 1.14 bits per heavy atom. The van der Waals surface area contributed by atoms with Crippen LogP contribution in [0.15, 0.2) is 33.5 Å². The Morgan fingerprint density at radius 2 is 1.62 bits per heavy atom. The summed E-state index contributed by atoms with van der Waals surface area (Å²) in [4.78, 5) is 0.518. The molecule has 21 heavy (non-hydrogen) atoms. The third-order valence-corrected chi connectivity index (χ3v) is 5.63. The summed E-state index contributed by atoms with van der Waals surface area (Å²) in [6.07, 6.45) is 3.04. The van der Waals surface area contributed by atoms with Crippen molar-refractivity contribution in [2.45, 2.75) is 43.8 Å². The molecule has 1 fully saturated rings. The zero-order chi connectivity index (χ0) is 15.9. The van der Waals surface area contributed by atoms with E-state index in [1.54, 1.807) is 30.5 Å². The van der Waals surface area contributed by atoms with Gasteiger partial charge in [-0.25, -0.2) is 4.21 Å². The van der Waals surface area contributed by atoms with Gasteiger partial charge >= 0.3 is 7.12 Å². The molecule has 0 bridgehead atoms. The van der Waals surface area contributed by atoms with Gasteiger partial charge in [0.15, 0.2) is 0 Å². The molecule has 0 radical (unpaired) electrons. The Balaban J connectivity index is 2.29. The summed E-state index contributed by atoms with van der Waals surface area (Å²) in [6, 6.07) is 6.99. The lowest BCUT2D eigenvalue weighted by molar-refractivity contribution is 0.00578. The highest BCUT2D eigenvalue weighted by atomic mass is 32.2. The minimum absolute atomic E-state index is 0.398. The number of rotatable bonds is 2. The standard InChI is InChI=1S/C14H19BN2O3S/c1-13(2)14(3,4)20-15(19-13)11-6-8-12(9-7-11)21(5,18)17-10-16/h6-9H,1-5H3. The van der Waals surface area contributed by atoms with Gasteiger partial charge in [0.2, 0.25) is 6.19 Å². The average molecular weight is 306 g/mol. The third-order valence-electron chi connectivity index (χ3n) is 4.06. The van der Waals surface area contributed by atoms with Gasteiger partial charge in [0, 0.05) is 11.2 Å². The van der Waals surface area contributed by atoms with Crippen LogP contribution < -0.4 is 5.46 Å². The molecule has 112 valence electrons. The molecule has 0 amide bonds. The van der Waals surface area contributed by atoms with E-state index in [0.717, 1.165) is 5.46 Å². The molecule has 0 aliphatic carbocycles. The minimum atomic E-state index is -2.66. The third kappa shape index (κ3) is 2.98. The van der Waals surface area contributed by atoms with E-state index in [9.17, 15) is 4.21 Å². The van der Waals surface area contributed by atoms with Gasteiger partial charge in [0.05, 0.1) is 20.9 Å². The van der Waals surface area contributed by atoms with Crippen molar-refractivity contribution in [3.05, 3.63) is 24.3 Å². The molecule has 1 aliphatic heterocycles. The molecule has 0 N–H and O–H groups in total. The van der Waals surface area contributed by atoms with Crippen LogP contribution in [0.5, 0.6) is 0 Å². The monoisotopic (exact) mass is 306 g/mol. The zero-order valence-corrected chi connectivity index (χ0v) is 13.7. The van der Waals surface area contributed by atoms with Gasteiger partial charge in [0.25, 0.3) is 0 Å². The summed E-state index contributed by atoms with van der Waals surface area (Å²) >= 11 is 0. The van der Waals surface area contributed by atoms with Crippen LogP contribution in [0.1, 0.15) is 27.7 Å². The predicted octanol–water partition coefficient (Wildman–Crippen LogP) is 1.92. The van der Waals surface area contributed by atoms with Gasteiger partial charge < -0.3 is 9.31 Å². The maximum absolute atomic E-state index is 12.2. The molecule has 0 spiro atoms. The van der Waals surface area contributed by atoms with E-state index in [4.69, 9.17) is 14.6 Å². The maximum atomic E-state index is 12.2. The van der Waals surface area contributed by atoms with Crippen molar-refractivity contribution in [1.82, 2.24) is 0 Å². The maximum Gasteiger partial charge on any atom is 0.494 e. The first-order valence-electron chi connectivity index (χ1n) is 6.65. The molecule has 1 saturated heterocycles. The Morgan fingerprint density at radius 3 is 2.05 bits per heavy atom. The highest BCUT2D eigenvalue weighted by Crippen LogP contribution is 2.36. The van der Waals surface area contributed by atoms with E-state index >= 15 is 0 Å². The molecule has 0 saturated carbocycles. The van der Waals surface area contributed by atoms with Crippen LogP contribution >= 0.6 is 0 Å². The highest BCUT2D eigenvalue weighted by molar-refractivity contribution is 7.93. The van der Waals surface area contributed by atoms with Crippen molar-refractivity contribution in [2.75, 3.05) is 6.26 Å². The molecule has 0 aromatic heterocycles. The summed E-state index contributed by atoms with van der Waals surface area (Å²) in [7, 11) is -3.12. The molecule has 1 atom stereocenters. The second-order valence-corrected chi connectivity index (χ2v) is 8.41. The molecule has 1 unspecified atom stereocenters. The molecule has 2 rings (SSSR count). The molecule has 5 nitrogen and oxygen atoms in total. The Labute approximate surface area is 126 Å². The fourth-order valence-electron chi connectivity index (χ4n) is 1.99. The zero-order valence-electron chi connectivity index (χ0n) is 12.9. The second-order valence-electron chi connectivity index (χ2n) is 6.15. The summed E-state index contributed by atoms with van der Waals surface area (Å²) in [5.74, 6) is 0. The van der Waals surface area contributed by atoms with Crippen molar-refractivity contribution in [1.29, 1.82) is 5.26 Å². The van der Waals surface area contributed by atoms with E-state index in [0.29, 0.717) is 4.90 Å². The number of hydrogen-bond acceptors (Lipinski definition) is 5. The minimum Gasteiger partial charge on any atom is -0.399 e. The lowest BCUT2D eigenvalue weighted by Crippen LogP contribution is -2.41. The summed E-state index contributed by atoms with van der Waals surface area (Å²) in [5.41, 5.74) is 0.0554. The SMILES string of the molecule is CC1(C)OB(c2ccc(S(C)(=O)=NC#N)cc2)OC1(C)C. The summed E-state index contributed by atoms with van der Waals surface area (Å²) in [5, 5.41) is 8.57. The predicted molar refractivity (Wildman–Crippen MR) is 82.5 cm³/mol. The summed E-state index contributed by atoms with van der Waals surface area (Å²) < 4.78 is 27.6. The lowest BCUT2D eigenvalue weighted by atomic mass is 9.79. The number of benzene rings is 1. The molecule has 1 aromatic rings. The normalized spacial score (nSPS) is 22.4. The fourth-order valence-corrected chi connectivity index (χ4v) is 2.89. The van der Waals surface area contributed by atoms with Crippen molar-refractivity contribution in [2.24, 2.45) is 4.36 Å².